The topological polar surface area (TPSA) is 26.3 Å². The van der Waals surface area contributed by atoms with Crippen LogP contribution in [0.3, 0.4) is 0 Å². The molecule has 0 aromatic heterocycles. The Balaban J connectivity index is 3.87. The summed E-state index contributed by atoms with van der Waals surface area (Å²) in [6.07, 6.45) is 8.43. The van der Waals surface area contributed by atoms with E-state index in [9.17, 15) is 4.79 Å². The predicted molar refractivity (Wildman–Crippen MR) is 59.4 cm³/mol. The number of methoxy groups -OCH3 is 1. The molecule has 0 rings (SSSR count). The summed E-state index contributed by atoms with van der Waals surface area (Å²) in [5.74, 6) is 0. The largest absolute Gasteiger partial charge is 0.377 e. The average Bonchev–Trinajstić information content (AvgIpc) is 2.17. The van der Waals surface area contributed by atoms with Gasteiger partial charge in [0.2, 0.25) is 0 Å². The molecule has 0 aliphatic heterocycles. The summed E-state index contributed by atoms with van der Waals surface area (Å²) >= 11 is 0. The van der Waals surface area contributed by atoms with Gasteiger partial charge in [-0.15, -0.1) is 0 Å². The highest BCUT2D eigenvalue weighted by molar-refractivity contribution is 5.53. The Hall–Kier alpha value is -0.630. The number of allylic oxidation sites excluding steroid dienone is 1. The van der Waals surface area contributed by atoms with Gasteiger partial charge < -0.3 is 9.53 Å². The van der Waals surface area contributed by atoms with Crippen LogP contribution < -0.4 is 0 Å². The number of hydrogen-bond acceptors (Lipinski definition) is 2. The van der Waals surface area contributed by atoms with Crippen molar-refractivity contribution in [3.8, 4) is 0 Å². The van der Waals surface area contributed by atoms with Crippen molar-refractivity contribution in [2.75, 3.05) is 7.11 Å². The van der Waals surface area contributed by atoms with Gasteiger partial charge >= 0.3 is 0 Å². The maximum absolute atomic E-state index is 10.3. The lowest BCUT2D eigenvalue weighted by Crippen LogP contribution is -2.07. The zero-order valence-electron chi connectivity index (χ0n) is 9.58. The summed E-state index contributed by atoms with van der Waals surface area (Å²) in [4.78, 5) is 10.3. The highest BCUT2D eigenvalue weighted by atomic mass is 16.5. The molecule has 0 fully saturated rings. The van der Waals surface area contributed by atoms with Gasteiger partial charge in [0.25, 0.3) is 0 Å². The minimum absolute atomic E-state index is 0.182. The maximum Gasteiger partial charge on any atom is 0.124 e. The molecule has 0 amide bonds. The minimum Gasteiger partial charge on any atom is -0.377 e. The Morgan fingerprint density at radius 1 is 1.43 bits per heavy atom. The van der Waals surface area contributed by atoms with E-state index in [2.05, 4.69) is 13.0 Å². The molecule has 82 valence electrons. The first-order valence-electron chi connectivity index (χ1n) is 5.38. The highest BCUT2D eigenvalue weighted by Crippen LogP contribution is 2.10. The van der Waals surface area contributed by atoms with Gasteiger partial charge in [-0.05, 0) is 13.3 Å². The summed E-state index contributed by atoms with van der Waals surface area (Å²) in [5.41, 5.74) is 1.10. The Morgan fingerprint density at radius 2 is 2.14 bits per heavy atom. The molecule has 0 aliphatic rings. The second-order valence-corrected chi connectivity index (χ2v) is 3.65. The monoisotopic (exact) mass is 198 g/mol. The Labute approximate surface area is 87.3 Å². The van der Waals surface area contributed by atoms with Crippen LogP contribution >= 0.6 is 0 Å². The molecule has 0 saturated heterocycles. The highest BCUT2D eigenvalue weighted by Gasteiger charge is 2.03. The van der Waals surface area contributed by atoms with Crippen molar-refractivity contribution in [2.45, 2.75) is 52.1 Å². The van der Waals surface area contributed by atoms with Gasteiger partial charge in [-0.3, -0.25) is 0 Å². The summed E-state index contributed by atoms with van der Waals surface area (Å²) in [5, 5.41) is 0. The van der Waals surface area contributed by atoms with Gasteiger partial charge in [-0.25, -0.2) is 0 Å². The van der Waals surface area contributed by atoms with E-state index in [1.54, 1.807) is 7.11 Å². The predicted octanol–water partition coefficient (Wildman–Crippen LogP) is 3.12. The number of unbranched alkanes of at least 4 members (excludes halogenated alkanes) is 2. The van der Waals surface area contributed by atoms with E-state index in [4.69, 9.17) is 4.74 Å². The number of hydrogen-bond donors (Lipinski definition) is 0. The zero-order valence-corrected chi connectivity index (χ0v) is 9.58. The molecule has 0 bridgehead atoms. The SMILES string of the molecule is CCCCCC(C=C(C)CC=O)OC. The molecule has 1 atom stereocenters. The third kappa shape index (κ3) is 6.84. The second-order valence-electron chi connectivity index (χ2n) is 3.65. The second kappa shape index (κ2) is 8.95. The van der Waals surface area contributed by atoms with Gasteiger partial charge in [0.1, 0.15) is 6.29 Å². The lowest BCUT2D eigenvalue weighted by molar-refractivity contribution is -0.107. The normalized spacial score (nSPS) is 14.1. The summed E-state index contributed by atoms with van der Waals surface area (Å²) in [7, 11) is 1.72. The van der Waals surface area contributed by atoms with Crippen molar-refractivity contribution in [3.05, 3.63) is 11.6 Å². The van der Waals surface area contributed by atoms with Crippen LogP contribution in [-0.2, 0) is 9.53 Å². The van der Waals surface area contributed by atoms with Crippen molar-refractivity contribution in [3.63, 3.8) is 0 Å². The number of aldehydes is 1. The molecule has 0 N–H and O–H groups in total. The molecule has 0 saturated carbocycles. The van der Waals surface area contributed by atoms with Crippen LogP contribution in [0.15, 0.2) is 11.6 Å². The fraction of sp³-hybridized carbons (Fsp3) is 0.750. The lowest BCUT2D eigenvalue weighted by atomic mass is 10.1. The molecule has 14 heavy (non-hydrogen) atoms. The molecule has 0 radical (unpaired) electrons. The van der Waals surface area contributed by atoms with Crippen molar-refractivity contribution in [2.24, 2.45) is 0 Å². The van der Waals surface area contributed by atoms with Crippen LogP contribution in [0.1, 0.15) is 46.0 Å². The van der Waals surface area contributed by atoms with Crippen LogP contribution in [0, 0.1) is 0 Å². The molecule has 0 aliphatic carbocycles. The van der Waals surface area contributed by atoms with Crippen LogP contribution in [0.25, 0.3) is 0 Å². The molecular weight excluding hydrogens is 176 g/mol. The van der Waals surface area contributed by atoms with Gasteiger partial charge in [0, 0.05) is 13.5 Å². The van der Waals surface area contributed by atoms with Gasteiger partial charge in [-0.2, -0.15) is 0 Å². The summed E-state index contributed by atoms with van der Waals surface area (Å²) in [6, 6.07) is 0. The number of carbonyl (C=O) groups excluding carboxylic acids is 1. The Kier molecular flexibility index (Phi) is 8.54. The number of carbonyl (C=O) groups is 1. The van der Waals surface area contributed by atoms with Crippen molar-refractivity contribution < 1.29 is 9.53 Å². The van der Waals surface area contributed by atoms with Crippen LogP contribution in [0.2, 0.25) is 0 Å². The standard InChI is InChI=1S/C12H22O2/c1-4-5-6-7-12(14-3)10-11(2)8-9-13/h9-10,12H,4-8H2,1-3H3. The third-order valence-electron chi connectivity index (χ3n) is 2.27. The van der Waals surface area contributed by atoms with Crippen molar-refractivity contribution in [1.82, 2.24) is 0 Å². The molecule has 1 unspecified atom stereocenters. The first-order valence-corrected chi connectivity index (χ1v) is 5.38. The molecule has 2 nitrogen and oxygen atoms in total. The fourth-order valence-electron chi connectivity index (χ4n) is 1.38. The van der Waals surface area contributed by atoms with Gasteiger partial charge in [-0.1, -0.05) is 37.8 Å². The smallest absolute Gasteiger partial charge is 0.124 e. The lowest BCUT2D eigenvalue weighted by Gasteiger charge is -2.11. The fourth-order valence-corrected chi connectivity index (χ4v) is 1.38. The molecule has 0 heterocycles. The van der Waals surface area contributed by atoms with Crippen LogP contribution in [0.4, 0.5) is 0 Å². The molecule has 2 heteroatoms. The van der Waals surface area contributed by atoms with E-state index < -0.39 is 0 Å². The van der Waals surface area contributed by atoms with E-state index in [-0.39, 0.29) is 6.10 Å². The van der Waals surface area contributed by atoms with E-state index >= 15 is 0 Å². The first-order chi connectivity index (χ1) is 6.74. The summed E-state index contributed by atoms with van der Waals surface area (Å²) in [6.45, 7) is 4.16. The van der Waals surface area contributed by atoms with E-state index in [1.165, 1.54) is 19.3 Å². The average molecular weight is 198 g/mol. The quantitative estimate of drug-likeness (QED) is 0.340. The van der Waals surface area contributed by atoms with E-state index in [0.717, 1.165) is 18.3 Å². The third-order valence-corrected chi connectivity index (χ3v) is 2.27. The zero-order chi connectivity index (χ0) is 10.8. The molecule has 0 aromatic carbocycles. The molecule has 0 spiro atoms. The number of rotatable bonds is 8. The van der Waals surface area contributed by atoms with Gasteiger partial charge in [0.15, 0.2) is 0 Å². The van der Waals surface area contributed by atoms with Crippen molar-refractivity contribution in [1.29, 1.82) is 0 Å². The van der Waals surface area contributed by atoms with Gasteiger partial charge in [0.05, 0.1) is 6.10 Å². The van der Waals surface area contributed by atoms with Crippen molar-refractivity contribution >= 4 is 6.29 Å². The Bertz CT molecular complexity index is 173. The minimum atomic E-state index is 0.182. The maximum atomic E-state index is 10.3. The number of ether oxygens (including phenoxy) is 1. The van der Waals surface area contributed by atoms with Crippen LogP contribution in [-0.4, -0.2) is 19.5 Å². The Morgan fingerprint density at radius 3 is 2.64 bits per heavy atom. The summed E-state index contributed by atoms with van der Waals surface area (Å²) < 4.78 is 5.32. The molecule has 0 aromatic rings. The van der Waals surface area contributed by atoms with E-state index in [0.29, 0.717) is 6.42 Å². The first kappa shape index (κ1) is 13.4. The van der Waals surface area contributed by atoms with E-state index in [1.807, 2.05) is 6.92 Å². The molecular formula is C12H22O2. The van der Waals surface area contributed by atoms with Crippen LogP contribution in [0.5, 0.6) is 0 Å².